The number of nitrogens with one attached hydrogen (secondary N) is 2. The highest BCUT2D eigenvalue weighted by Gasteiger charge is 2.06. The van der Waals surface area contributed by atoms with Crippen molar-refractivity contribution in [1.82, 2.24) is 5.32 Å². The molecule has 5 nitrogen and oxygen atoms in total. The second-order valence-electron chi connectivity index (χ2n) is 3.50. The SMILES string of the molecule is O=C(O)CCCNC(=O)Nc1ccc(Br)cc1F. The summed E-state index contributed by atoms with van der Waals surface area (Å²) < 4.78 is 13.9. The first-order valence-electron chi connectivity index (χ1n) is 5.20. The lowest BCUT2D eigenvalue weighted by atomic mass is 10.3. The molecule has 0 spiro atoms. The fourth-order valence-corrected chi connectivity index (χ4v) is 1.53. The number of carbonyl (C=O) groups is 2. The van der Waals surface area contributed by atoms with E-state index in [-0.39, 0.29) is 18.7 Å². The number of carbonyl (C=O) groups excluding carboxylic acids is 1. The molecule has 1 aromatic carbocycles. The fraction of sp³-hybridized carbons (Fsp3) is 0.273. The van der Waals surface area contributed by atoms with Gasteiger partial charge < -0.3 is 15.7 Å². The van der Waals surface area contributed by atoms with Gasteiger partial charge in [0.1, 0.15) is 5.82 Å². The van der Waals surface area contributed by atoms with Gasteiger partial charge >= 0.3 is 12.0 Å². The molecule has 0 aliphatic rings. The number of anilines is 1. The molecule has 0 saturated carbocycles. The van der Waals surface area contributed by atoms with Crippen molar-refractivity contribution in [2.75, 3.05) is 11.9 Å². The zero-order chi connectivity index (χ0) is 13.5. The van der Waals surface area contributed by atoms with Crippen LogP contribution in [0.25, 0.3) is 0 Å². The molecule has 98 valence electrons. The molecule has 0 aliphatic carbocycles. The van der Waals surface area contributed by atoms with Gasteiger partial charge in [0.05, 0.1) is 5.69 Å². The Labute approximate surface area is 112 Å². The molecule has 18 heavy (non-hydrogen) atoms. The van der Waals surface area contributed by atoms with Crippen LogP contribution in [0.5, 0.6) is 0 Å². The molecule has 0 bridgehead atoms. The van der Waals surface area contributed by atoms with Gasteiger partial charge in [-0.15, -0.1) is 0 Å². The van der Waals surface area contributed by atoms with E-state index in [1.807, 2.05) is 0 Å². The number of amides is 2. The van der Waals surface area contributed by atoms with Gasteiger partial charge in [-0.25, -0.2) is 9.18 Å². The summed E-state index contributed by atoms with van der Waals surface area (Å²) in [6, 6.07) is 3.70. The Morgan fingerprint density at radius 2 is 2.11 bits per heavy atom. The van der Waals surface area contributed by atoms with Gasteiger partial charge in [-0.05, 0) is 24.6 Å². The molecular weight excluding hydrogens is 307 g/mol. The average Bonchev–Trinajstić information content (AvgIpc) is 2.28. The second kappa shape index (κ2) is 6.95. The molecular formula is C11H12BrFN2O3. The van der Waals surface area contributed by atoms with E-state index in [0.717, 1.165) is 0 Å². The van der Waals surface area contributed by atoms with Crippen molar-refractivity contribution in [2.45, 2.75) is 12.8 Å². The van der Waals surface area contributed by atoms with Gasteiger partial charge in [0, 0.05) is 17.4 Å². The number of hydrogen-bond donors (Lipinski definition) is 3. The lowest BCUT2D eigenvalue weighted by Crippen LogP contribution is -2.30. The molecule has 1 rings (SSSR count). The molecule has 0 aliphatic heterocycles. The molecule has 0 atom stereocenters. The minimum Gasteiger partial charge on any atom is -0.481 e. The van der Waals surface area contributed by atoms with Gasteiger partial charge in [-0.3, -0.25) is 4.79 Å². The van der Waals surface area contributed by atoms with Crippen molar-refractivity contribution in [2.24, 2.45) is 0 Å². The van der Waals surface area contributed by atoms with Crippen LogP contribution in [0, 0.1) is 5.82 Å². The number of carboxylic acid groups (broad SMARTS) is 1. The average molecular weight is 319 g/mol. The van der Waals surface area contributed by atoms with Crippen LogP contribution in [0.2, 0.25) is 0 Å². The summed E-state index contributed by atoms with van der Waals surface area (Å²) in [6.45, 7) is 0.219. The first kappa shape index (κ1) is 14.4. The first-order valence-corrected chi connectivity index (χ1v) is 6.00. The Morgan fingerprint density at radius 1 is 1.39 bits per heavy atom. The topological polar surface area (TPSA) is 78.4 Å². The molecule has 2 amide bonds. The predicted octanol–water partition coefficient (Wildman–Crippen LogP) is 2.57. The van der Waals surface area contributed by atoms with E-state index >= 15 is 0 Å². The molecule has 0 radical (unpaired) electrons. The van der Waals surface area contributed by atoms with E-state index in [2.05, 4.69) is 26.6 Å². The third-order valence-electron chi connectivity index (χ3n) is 2.03. The number of halogens is 2. The Balaban J connectivity index is 2.38. The number of benzene rings is 1. The summed E-state index contributed by atoms with van der Waals surface area (Å²) in [6.07, 6.45) is 0.304. The lowest BCUT2D eigenvalue weighted by molar-refractivity contribution is -0.137. The molecule has 7 heteroatoms. The maximum Gasteiger partial charge on any atom is 0.319 e. The minimum atomic E-state index is -0.920. The Bertz CT molecular complexity index is 454. The quantitative estimate of drug-likeness (QED) is 0.730. The number of urea groups is 1. The molecule has 0 aromatic heterocycles. The number of rotatable bonds is 5. The van der Waals surface area contributed by atoms with Gasteiger partial charge in [-0.2, -0.15) is 0 Å². The Hall–Kier alpha value is -1.63. The van der Waals surface area contributed by atoms with Gasteiger partial charge in [0.25, 0.3) is 0 Å². The molecule has 0 fully saturated rings. The second-order valence-corrected chi connectivity index (χ2v) is 4.42. The van der Waals surface area contributed by atoms with Gasteiger partial charge in [0.15, 0.2) is 0 Å². The predicted molar refractivity (Wildman–Crippen MR) is 68.0 cm³/mol. The smallest absolute Gasteiger partial charge is 0.319 e. The van der Waals surface area contributed by atoms with Gasteiger partial charge in [-0.1, -0.05) is 15.9 Å². The zero-order valence-electron chi connectivity index (χ0n) is 9.37. The zero-order valence-corrected chi connectivity index (χ0v) is 11.0. The van der Waals surface area contributed by atoms with Gasteiger partial charge in [0.2, 0.25) is 0 Å². The highest BCUT2D eigenvalue weighted by atomic mass is 79.9. The van der Waals surface area contributed by atoms with Crippen molar-refractivity contribution in [1.29, 1.82) is 0 Å². The van der Waals surface area contributed by atoms with Crippen molar-refractivity contribution in [3.05, 3.63) is 28.5 Å². The summed E-state index contributed by atoms with van der Waals surface area (Å²) in [7, 11) is 0. The van der Waals surface area contributed by atoms with Crippen LogP contribution in [-0.4, -0.2) is 23.7 Å². The minimum absolute atomic E-state index is 0.0209. The van der Waals surface area contributed by atoms with Crippen LogP contribution in [0.3, 0.4) is 0 Å². The van der Waals surface area contributed by atoms with Crippen molar-refractivity contribution in [3.63, 3.8) is 0 Å². The van der Waals surface area contributed by atoms with E-state index in [1.165, 1.54) is 12.1 Å². The largest absolute Gasteiger partial charge is 0.481 e. The maximum atomic E-state index is 13.4. The van der Waals surface area contributed by atoms with Crippen molar-refractivity contribution in [3.8, 4) is 0 Å². The van der Waals surface area contributed by atoms with E-state index in [4.69, 9.17) is 5.11 Å². The summed E-state index contributed by atoms with van der Waals surface area (Å²) in [4.78, 5) is 21.6. The summed E-state index contributed by atoms with van der Waals surface area (Å²) in [5.41, 5.74) is 0.0638. The van der Waals surface area contributed by atoms with E-state index in [0.29, 0.717) is 10.9 Å². The lowest BCUT2D eigenvalue weighted by Gasteiger charge is -2.08. The monoisotopic (exact) mass is 318 g/mol. The molecule has 0 heterocycles. The molecule has 1 aromatic rings. The number of aliphatic carboxylic acids is 1. The van der Waals surface area contributed by atoms with E-state index in [9.17, 15) is 14.0 Å². The summed E-state index contributed by atoms with van der Waals surface area (Å²) >= 11 is 3.10. The normalized spacial score (nSPS) is 9.89. The van der Waals surface area contributed by atoms with Crippen LogP contribution in [0.1, 0.15) is 12.8 Å². The van der Waals surface area contributed by atoms with Crippen LogP contribution in [0.4, 0.5) is 14.9 Å². The molecule has 0 saturated heterocycles. The number of carboxylic acids is 1. The number of hydrogen-bond acceptors (Lipinski definition) is 2. The molecule has 3 N–H and O–H groups in total. The van der Waals surface area contributed by atoms with Crippen LogP contribution < -0.4 is 10.6 Å². The highest BCUT2D eigenvalue weighted by Crippen LogP contribution is 2.18. The van der Waals surface area contributed by atoms with Crippen LogP contribution in [0.15, 0.2) is 22.7 Å². The standard InChI is InChI=1S/C11H12BrFN2O3/c12-7-3-4-9(8(13)6-7)15-11(18)14-5-1-2-10(16)17/h3-4,6H,1-2,5H2,(H,16,17)(H2,14,15,18). The summed E-state index contributed by atoms with van der Waals surface area (Å²) in [5.74, 6) is -1.47. The Morgan fingerprint density at radius 3 is 2.72 bits per heavy atom. The van der Waals surface area contributed by atoms with E-state index < -0.39 is 17.8 Å². The summed E-state index contributed by atoms with van der Waals surface area (Å²) in [5, 5.41) is 13.2. The van der Waals surface area contributed by atoms with Crippen molar-refractivity contribution >= 4 is 33.6 Å². The highest BCUT2D eigenvalue weighted by molar-refractivity contribution is 9.10. The maximum absolute atomic E-state index is 13.4. The molecule has 0 unspecified atom stereocenters. The fourth-order valence-electron chi connectivity index (χ4n) is 1.20. The van der Waals surface area contributed by atoms with E-state index in [1.54, 1.807) is 6.07 Å². The third kappa shape index (κ3) is 5.13. The van der Waals surface area contributed by atoms with Crippen molar-refractivity contribution < 1.29 is 19.1 Å². The van der Waals surface area contributed by atoms with Crippen LogP contribution >= 0.6 is 15.9 Å². The first-order chi connectivity index (χ1) is 8.49. The van der Waals surface area contributed by atoms with Crippen LogP contribution in [-0.2, 0) is 4.79 Å². The third-order valence-corrected chi connectivity index (χ3v) is 2.53. The Kier molecular flexibility index (Phi) is 5.57.